The number of halogens is 6. The summed E-state index contributed by atoms with van der Waals surface area (Å²) in [6, 6.07) is 0. The van der Waals surface area contributed by atoms with E-state index >= 15 is 0 Å². The van der Waals surface area contributed by atoms with Gasteiger partial charge in [-0.2, -0.15) is 0 Å². The number of carbonyl (C=O) groups excluding carboxylic acids is 1. The van der Waals surface area contributed by atoms with Crippen LogP contribution in [0, 0.1) is 0 Å². The number of rotatable bonds is 4. The zero-order valence-corrected chi connectivity index (χ0v) is 16.4. The molecule has 0 saturated heterocycles. The molecule has 8 heteroatoms. The fourth-order valence-corrected chi connectivity index (χ4v) is 4.33. The second-order valence-corrected chi connectivity index (χ2v) is 15.8. The maximum Gasteiger partial charge on any atom is 0.331 e. The van der Waals surface area contributed by atoms with Crippen LogP contribution in [0.3, 0.4) is 0 Å². The maximum atomic E-state index is 11.4. The highest BCUT2D eigenvalue weighted by Gasteiger charge is 2.39. The summed E-state index contributed by atoms with van der Waals surface area (Å²) in [5.74, 6) is -0.560. The quantitative estimate of drug-likeness (QED) is 0.146. The Morgan fingerprint density at radius 2 is 1.81 bits per heavy atom. The van der Waals surface area contributed by atoms with Gasteiger partial charge in [0.05, 0.1) is 0 Å². The first-order chi connectivity index (χ1) is 7.09. The second kappa shape index (κ2) is 7.56. The van der Waals surface area contributed by atoms with Crippen molar-refractivity contribution >= 4 is 109 Å². The van der Waals surface area contributed by atoms with Gasteiger partial charge in [0, 0.05) is 11.6 Å². The van der Waals surface area contributed by atoms with E-state index in [1.807, 2.05) is 0 Å². The normalized spacial score (nSPS) is 13.5. The number of esters is 1. The minimum atomic E-state index is -1.64. The van der Waals surface area contributed by atoms with Gasteiger partial charge in [-0.05, 0) is 0 Å². The van der Waals surface area contributed by atoms with Crippen molar-refractivity contribution in [2.75, 3.05) is 6.61 Å². The van der Waals surface area contributed by atoms with Crippen LogP contribution < -0.4 is 0 Å². The van der Waals surface area contributed by atoms with Gasteiger partial charge in [0.15, 0.2) is 0 Å². The molecule has 92 valence electrons. The number of carbonyl (C=O) groups is 1. The van der Waals surface area contributed by atoms with E-state index in [2.05, 4.69) is 74.4 Å². The highest BCUT2D eigenvalue weighted by atomic mass is 127. The largest absolute Gasteiger partial charge is 0.458 e. The predicted molar refractivity (Wildman–Crippen MR) is 94.3 cm³/mol. The van der Waals surface area contributed by atoms with Crippen LogP contribution in [0.2, 0.25) is 0 Å². The summed E-state index contributed by atoms with van der Waals surface area (Å²) >= 11 is 23.5. The van der Waals surface area contributed by atoms with Crippen molar-refractivity contribution in [3.05, 3.63) is 24.3 Å². The van der Waals surface area contributed by atoms with Crippen molar-refractivity contribution in [3.63, 3.8) is 0 Å². The lowest BCUT2D eigenvalue weighted by molar-refractivity contribution is -0.136. The summed E-state index contributed by atoms with van der Waals surface area (Å²) in [4.78, 5) is 11.4. The minimum Gasteiger partial charge on any atom is -0.458 e. The molecule has 0 aromatic rings. The summed E-state index contributed by atoms with van der Waals surface area (Å²) in [6.07, 6.45) is 2.66. The average molecular weight is 621 g/mol. The lowest BCUT2D eigenvalue weighted by atomic mass is 10.3. The van der Waals surface area contributed by atoms with Crippen molar-refractivity contribution in [2.45, 2.75) is 3.23 Å². The van der Waals surface area contributed by atoms with Crippen LogP contribution in [0.5, 0.6) is 0 Å². The first-order valence-electron chi connectivity index (χ1n) is 3.72. The van der Waals surface area contributed by atoms with Gasteiger partial charge in [-0.15, -0.1) is 0 Å². The summed E-state index contributed by atoms with van der Waals surface area (Å²) < 4.78 is 2.63. The van der Waals surface area contributed by atoms with Crippen LogP contribution in [0.4, 0.5) is 0 Å². The van der Waals surface area contributed by atoms with E-state index in [0.29, 0.717) is 5.57 Å². The van der Waals surface area contributed by atoms with Gasteiger partial charge in [0.1, 0.15) is 6.04 Å². The van der Waals surface area contributed by atoms with Gasteiger partial charge >= 0.3 is 5.97 Å². The fourth-order valence-electron chi connectivity index (χ4n) is 0.625. The van der Waals surface area contributed by atoms with Crippen LogP contribution in [0.15, 0.2) is 24.3 Å². The molecule has 0 aliphatic carbocycles. The standard InChI is InChI=1S/C8H6Cl3I3O2/c1-2-3-16-6(15)4-5(7(9,10)11)8(12,13)14/h2,4H,1,3H2/b5-4+. The Morgan fingerprint density at radius 1 is 1.31 bits per heavy atom. The Bertz CT molecular complexity index is 289. The number of ether oxygens (including phenoxy) is 1. The van der Waals surface area contributed by atoms with E-state index in [1.165, 1.54) is 12.2 Å². The first-order valence-corrected chi connectivity index (χ1v) is 8.09. The first kappa shape index (κ1) is 18.0. The molecule has 0 radical (unpaired) electrons. The van der Waals surface area contributed by atoms with Gasteiger partial charge in [-0.3, -0.25) is 0 Å². The molecule has 0 fully saturated rings. The molecule has 0 N–H and O–H groups in total. The Morgan fingerprint density at radius 3 is 2.12 bits per heavy atom. The van der Waals surface area contributed by atoms with Gasteiger partial charge in [-0.1, -0.05) is 115 Å². The molecule has 0 spiro atoms. The fraction of sp³-hybridized carbons (Fsp3) is 0.375. The third-order valence-electron chi connectivity index (χ3n) is 1.22. The molecular formula is C8H6Cl3I3O2. The minimum absolute atomic E-state index is 0.124. The molecule has 0 rings (SSSR count). The van der Waals surface area contributed by atoms with E-state index in [4.69, 9.17) is 39.5 Å². The van der Waals surface area contributed by atoms with Gasteiger partial charge in [0.25, 0.3) is 0 Å². The monoisotopic (exact) mass is 620 g/mol. The van der Waals surface area contributed by atoms with E-state index in [9.17, 15) is 4.79 Å². The summed E-state index contributed by atoms with van der Waals surface area (Å²) in [7, 11) is 0. The highest BCUT2D eigenvalue weighted by Crippen LogP contribution is 2.52. The second-order valence-electron chi connectivity index (χ2n) is 2.47. The molecule has 0 aliphatic rings. The Kier molecular flexibility index (Phi) is 8.51. The lowest BCUT2D eigenvalue weighted by Gasteiger charge is -2.23. The number of allylic oxidation sites excluding steroid dienone is 1. The molecule has 0 aromatic carbocycles. The molecule has 0 atom stereocenters. The molecule has 0 unspecified atom stereocenters. The number of alkyl halides is 6. The molecule has 0 aromatic heterocycles. The topological polar surface area (TPSA) is 26.3 Å². The summed E-state index contributed by atoms with van der Waals surface area (Å²) in [6.45, 7) is 3.55. The Labute approximate surface area is 150 Å². The Hall–Kier alpha value is 2.01. The van der Waals surface area contributed by atoms with Crippen LogP contribution in [-0.2, 0) is 9.53 Å². The van der Waals surface area contributed by atoms with Crippen molar-refractivity contribution in [1.82, 2.24) is 0 Å². The third-order valence-corrected chi connectivity index (χ3v) is 3.57. The number of hydrogen-bond acceptors (Lipinski definition) is 2. The third kappa shape index (κ3) is 7.45. The van der Waals surface area contributed by atoms with E-state index in [0.717, 1.165) is 0 Å². The summed E-state index contributed by atoms with van der Waals surface area (Å²) in [5.41, 5.74) is 0.348. The molecule has 2 nitrogen and oxygen atoms in total. The Balaban J connectivity index is 4.99. The zero-order chi connectivity index (χ0) is 13.0. The molecule has 0 amide bonds. The summed E-state index contributed by atoms with van der Waals surface area (Å²) in [5, 5.41) is 0. The molecule has 0 heterocycles. The van der Waals surface area contributed by atoms with Crippen molar-refractivity contribution in [3.8, 4) is 0 Å². The molecular weight excluding hydrogens is 615 g/mol. The molecule has 0 saturated carbocycles. The number of hydrogen-bond donors (Lipinski definition) is 0. The SMILES string of the molecule is C=CCOC(=O)/C=C(\C(Cl)(Cl)Cl)C(I)(I)I. The zero-order valence-electron chi connectivity index (χ0n) is 7.65. The van der Waals surface area contributed by atoms with Crippen LogP contribution in [-0.4, -0.2) is 15.8 Å². The predicted octanol–water partition coefficient (Wildman–Crippen LogP) is 4.97. The molecule has 16 heavy (non-hydrogen) atoms. The van der Waals surface area contributed by atoms with Crippen molar-refractivity contribution in [1.29, 1.82) is 0 Å². The van der Waals surface area contributed by atoms with E-state index in [1.54, 1.807) is 0 Å². The van der Waals surface area contributed by atoms with Gasteiger partial charge in [-0.25, -0.2) is 4.79 Å². The van der Waals surface area contributed by atoms with E-state index < -0.39 is 9.20 Å². The molecule has 0 aliphatic heterocycles. The van der Waals surface area contributed by atoms with Crippen LogP contribution >= 0.6 is 103 Å². The molecule has 0 bridgehead atoms. The lowest BCUT2D eigenvalue weighted by Crippen LogP contribution is -2.21. The smallest absolute Gasteiger partial charge is 0.331 e. The van der Waals surface area contributed by atoms with Gasteiger partial charge < -0.3 is 4.74 Å². The maximum absolute atomic E-state index is 11.4. The van der Waals surface area contributed by atoms with Crippen molar-refractivity contribution < 1.29 is 9.53 Å². The highest BCUT2D eigenvalue weighted by molar-refractivity contribution is 14.3. The van der Waals surface area contributed by atoms with Crippen LogP contribution in [0.25, 0.3) is 0 Å². The van der Waals surface area contributed by atoms with Gasteiger partial charge in [0.2, 0.25) is 3.79 Å². The average Bonchev–Trinajstić information content (AvgIpc) is 2.07. The van der Waals surface area contributed by atoms with Crippen LogP contribution in [0.1, 0.15) is 0 Å². The van der Waals surface area contributed by atoms with E-state index in [-0.39, 0.29) is 6.61 Å². The van der Waals surface area contributed by atoms with Crippen molar-refractivity contribution in [2.24, 2.45) is 0 Å².